The summed E-state index contributed by atoms with van der Waals surface area (Å²) in [6.45, 7) is 4.76. The molecule has 2 aromatic rings. The molecule has 0 saturated carbocycles. The highest BCUT2D eigenvalue weighted by Crippen LogP contribution is 2.35. The van der Waals surface area contributed by atoms with E-state index in [-0.39, 0.29) is 29.3 Å². The molecule has 2 aliphatic heterocycles. The fourth-order valence-corrected chi connectivity index (χ4v) is 5.36. The number of piperidine rings is 1. The van der Waals surface area contributed by atoms with Gasteiger partial charge < -0.3 is 15.5 Å². The van der Waals surface area contributed by atoms with Gasteiger partial charge in [-0.05, 0) is 50.4 Å². The van der Waals surface area contributed by atoms with Crippen LogP contribution in [0.2, 0.25) is 5.02 Å². The summed E-state index contributed by atoms with van der Waals surface area (Å²) >= 11 is 5.81. The molecule has 2 saturated heterocycles. The van der Waals surface area contributed by atoms with Crippen molar-refractivity contribution in [2.75, 3.05) is 38.5 Å². The SMILES string of the molecule is CNC(=O)[C@@H]1CCN(C2CCN(C(=O)c3ncnc(NCc4ccc(C(F)(F)F)c(Cl)c4)c3C)CC2)C1. The van der Waals surface area contributed by atoms with Gasteiger partial charge >= 0.3 is 6.18 Å². The van der Waals surface area contributed by atoms with Crippen LogP contribution < -0.4 is 10.6 Å². The van der Waals surface area contributed by atoms with Crippen LogP contribution in [0.1, 0.15) is 46.4 Å². The molecule has 0 unspecified atom stereocenters. The van der Waals surface area contributed by atoms with Crippen LogP contribution in [0.25, 0.3) is 0 Å². The van der Waals surface area contributed by atoms with E-state index in [0.29, 0.717) is 41.8 Å². The summed E-state index contributed by atoms with van der Waals surface area (Å²) in [5, 5.41) is 5.43. The molecule has 37 heavy (non-hydrogen) atoms. The topological polar surface area (TPSA) is 90.5 Å². The second-order valence-electron chi connectivity index (χ2n) is 9.48. The van der Waals surface area contributed by atoms with Crippen LogP contribution in [0.5, 0.6) is 0 Å². The van der Waals surface area contributed by atoms with E-state index >= 15 is 0 Å². The second-order valence-corrected chi connectivity index (χ2v) is 9.89. The zero-order valence-corrected chi connectivity index (χ0v) is 21.5. The van der Waals surface area contributed by atoms with Crippen molar-refractivity contribution in [1.82, 2.24) is 25.1 Å². The monoisotopic (exact) mass is 538 g/mol. The van der Waals surface area contributed by atoms with Gasteiger partial charge in [-0.1, -0.05) is 17.7 Å². The number of alkyl halides is 3. The lowest BCUT2D eigenvalue weighted by atomic mass is 10.0. The van der Waals surface area contributed by atoms with E-state index in [1.54, 1.807) is 18.9 Å². The molecule has 8 nitrogen and oxygen atoms in total. The molecule has 2 amide bonds. The Morgan fingerprint density at radius 3 is 2.51 bits per heavy atom. The summed E-state index contributed by atoms with van der Waals surface area (Å²) in [5.74, 6) is 0.364. The number of hydrogen-bond acceptors (Lipinski definition) is 6. The molecule has 200 valence electrons. The average molecular weight is 539 g/mol. The van der Waals surface area contributed by atoms with Crippen molar-refractivity contribution in [2.24, 2.45) is 5.92 Å². The Kier molecular flexibility index (Phi) is 8.23. The van der Waals surface area contributed by atoms with E-state index in [0.717, 1.165) is 38.4 Å². The zero-order valence-electron chi connectivity index (χ0n) is 20.7. The van der Waals surface area contributed by atoms with E-state index < -0.39 is 11.7 Å². The molecule has 1 aromatic heterocycles. The number of likely N-dealkylation sites (tertiary alicyclic amines) is 2. The van der Waals surface area contributed by atoms with Crippen LogP contribution >= 0.6 is 11.6 Å². The Morgan fingerprint density at radius 1 is 1.14 bits per heavy atom. The standard InChI is InChI=1S/C25H30ClF3N6O2/c1-15-21(24(37)34-9-6-18(7-10-34)35-8-5-17(13-35)23(36)30-2)32-14-33-22(15)31-12-16-3-4-19(20(26)11-16)25(27,28)29/h3-4,11,14,17-18H,5-10,12-13H2,1-2H3,(H,30,36)(H,31,32,33)/t17-/m1/s1. The molecule has 2 N–H and O–H groups in total. The van der Waals surface area contributed by atoms with Gasteiger partial charge in [0.15, 0.2) is 0 Å². The predicted molar refractivity (Wildman–Crippen MR) is 133 cm³/mol. The molecule has 2 aliphatic rings. The minimum atomic E-state index is -4.52. The summed E-state index contributed by atoms with van der Waals surface area (Å²) in [4.78, 5) is 37.8. The number of nitrogens with zero attached hydrogens (tertiary/aromatic N) is 4. The van der Waals surface area contributed by atoms with Gasteiger partial charge in [0.25, 0.3) is 5.91 Å². The van der Waals surface area contributed by atoms with Crippen LogP contribution in [0.4, 0.5) is 19.0 Å². The number of amides is 2. The molecule has 12 heteroatoms. The number of carbonyl (C=O) groups is 2. The van der Waals surface area contributed by atoms with E-state index in [1.165, 1.54) is 18.5 Å². The molecule has 2 fully saturated rings. The maximum absolute atomic E-state index is 13.2. The first-order valence-electron chi connectivity index (χ1n) is 12.2. The fourth-order valence-electron chi connectivity index (χ4n) is 5.05. The molecule has 0 bridgehead atoms. The molecule has 3 heterocycles. The highest BCUT2D eigenvalue weighted by atomic mass is 35.5. The lowest BCUT2D eigenvalue weighted by Crippen LogP contribution is -2.46. The summed E-state index contributed by atoms with van der Waals surface area (Å²) in [5.41, 5.74) is 0.526. The first kappa shape index (κ1) is 27.1. The number of anilines is 1. The maximum Gasteiger partial charge on any atom is 0.417 e. The van der Waals surface area contributed by atoms with Crippen LogP contribution in [-0.4, -0.2) is 70.9 Å². The van der Waals surface area contributed by atoms with E-state index in [4.69, 9.17) is 11.6 Å². The largest absolute Gasteiger partial charge is 0.417 e. The number of carbonyl (C=O) groups excluding carboxylic acids is 2. The first-order chi connectivity index (χ1) is 17.6. The van der Waals surface area contributed by atoms with Gasteiger partial charge in [-0.2, -0.15) is 13.2 Å². The summed E-state index contributed by atoms with van der Waals surface area (Å²) in [6, 6.07) is 3.91. The third-order valence-corrected chi connectivity index (χ3v) is 7.50. The quantitative estimate of drug-likeness (QED) is 0.582. The van der Waals surface area contributed by atoms with Gasteiger partial charge in [0, 0.05) is 44.8 Å². The van der Waals surface area contributed by atoms with Crippen LogP contribution in [0.3, 0.4) is 0 Å². The van der Waals surface area contributed by atoms with Crippen molar-refractivity contribution in [1.29, 1.82) is 0 Å². The number of nitrogens with one attached hydrogen (secondary N) is 2. The first-order valence-corrected chi connectivity index (χ1v) is 12.6. The Bertz CT molecular complexity index is 1150. The van der Waals surface area contributed by atoms with Gasteiger partial charge in [0.1, 0.15) is 17.8 Å². The van der Waals surface area contributed by atoms with Crippen molar-refractivity contribution in [3.05, 3.63) is 51.9 Å². The number of hydrogen-bond donors (Lipinski definition) is 2. The maximum atomic E-state index is 13.2. The van der Waals surface area contributed by atoms with Crippen molar-refractivity contribution in [3.63, 3.8) is 0 Å². The Morgan fingerprint density at radius 2 is 1.86 bits per heavy atom. The Labute approximate surface area is 218 Å². The fraction of sp³-hybridized carbons (Fsp3) is 0.520. The number of benzene rings is 1. The predicted octanol–water partition coefficient (Wildman–Crippen LogP) is 3.74. The molecular weight excluding hydrogens is 509 g/mol. The third-order valence-electron chi connectivity index (χ3n) is 7.19. The Hall–Kier alpha value is -2.92. The third kappa shape index (κ3) is 6.15. The van der Waals surface area contributed by atoms with Gasteiger partial charge in [-0.25, -0.2) is 9.97 Å². The zero-order chi connectivity index (χ0) is 26.7. The normalized spacial score (nSPS) is 19.2. The van der Waals surface area contributed by atoms with Crippen molar-refractivity contribution < 1.29 is 22.8 Å². The molecular formula is C25H30ClF3N6O2. The smallest absolute Gasteiger partial charge is 0.366 e. The number of halogens is 4. The molecule has 1 atom stereocenters. The highest BCUT2D eigenvalue weighted by molar-refractivity contribution is 6.31. The molecule has 0 aliphatic carbocycles. The van der Waals surface area contributed by atoms with Crippen LogP contribution in [0.15, 0.2) is 24.5 Å². The molecule has 0 spiro atoms. The minimum absolute atomic E-state index is 0.0258. The molecule has 1 aromatic carbocycles. The van der Waals surface area contributed by atoms with Gasteiger partial charge in [0.2, 0.25) is 5.91 Å². The Balaban J connectivity index is 1.35. The van der Waals surface area contributed by atoms with Crippen molar-refractivity contribution in [3.8, 4) is 0 Å². The lowest BCUT2D eigenvalue weighted by Gasteiger charge is -2.36. The van der Waals surface area contributed by atoms with E-state index in [9.17, 15) is 22.8 Å². The minimum Gasteiger partial charge on any atom is -0.366 e. The average Bonchev–Trinajstić information content (AvgIpc) is 3.37. The summed E-state index contributed by atoms with van der Waals surface area (Å²) in [6.07, 6.45) is -0.698. The second kappa shape index (κ2) is 11.2. The van der Waals surface area contributed by atoms with Gasteiger partial charge in [-0.15, -0.1) is 0 Å². The van der Waals surface area contributed by atoms with E-state index in [1.807, 2.05) is 0 Å². The number of aromatic nitrogens is 2. The number of rotatable bonds is 6. The summed E-state index contributed by atoms with van der Waals surface area (Å²) < 4.78 is 38.8. The summed E-state index contributed by atoms with van der Waals surface area (Å²) in [7, 11) is 1.66. The van der Waals surface area contributed by atoms with Gasteiger partial charge in [-0.3, -0.25) is 14.5 Å². The molecule has 4 rings (SSSR count). The van der Waals surface area contributed by atoms with E-state index in [2.05, 4.69) is 25.5 Å². The van der Waals surface area contributed by atoms with Crippen LogP contribution in [0, 0.1) is 12.8 Å². The van der Waals surface area contributed by atoms with Crippen molar-refractivity contribution >= 4 is 29.2 Å². The van der Waals surface area contributed by atoms with Crippen molar-refractivity contribution in [2.45, 2.75) is 44.9 Å². The van der Waals surface area contributed by atoms with Gasteiger partial charge in [0.05, 0.1) is 16.5 Å². The lowest BCUT2D eigenvalue weighted by molar-refractivity contribution is -0.137. The molecule has 0 radical (unpaired) electrons. The van der Waals surface area contributed by atoms with Crippen LogP contribution in [-0.2, 0) is 17.5 Å². The highest BCUT2D eigenvalue weighted by Gasteiger charge is 2.35.